The van der Waals surface area contributed by atoms with Gasteiger partial charge in [-0.3, -0.25) is 0 Å². The topological polar surface area (TPSA) is 98.3 Å². The van der Waals surface area contributed by atoms with Crippen molar-refractivity contribution < 1.29 is 14.8 Å². The molecule has 0 aliphatic carbocycles. The van der Waals surface area contributed by atoms with Gasteiger partial charge in [0.15, 0.2) is 0 Å². The van der Waals surface area contributed by atoms with Gasteiger partial charge in [-0.15, -0.1) is 0 Å². The van der Waals surface area contributed by atoms with Crippen LogP contribution in [-0.2, 0) is 6.54 Å². The third kappa shape index (κ3) is 2.51. The van der Waals surface area contributed by atoms with Crippen molar-refractivity contribution in [2.45, 2.75) is 6.54 Å². The van der Waals surface area contributed by atoms with E-state index in [2.05, 4.69) is 5.10 Å². The van der Waals surface area contributed by atoms with Gasteiger partial charge in [0.2, 0.25) is 0 Å². The highest BCUT2D eigenvalue weighted by atomic mass is 16.6. The summed E-state index contributed by atoms with van der Waals surface area (Å²) >= 11 is 0. The number of nitro groups is 1. The minimum absolute atomic E-state index is 0.175. The molecule has 1 N–H and O–H groups in total. The number of carbonyl (C=O) groups is 1. The maximum absolute atomic E-state index is 10.8. The van der Waals surface area contributed by atoms with E-state index < -0.39 is 10.9 Å². The van der Waals surface area contributed by atoms with Gasteiger partial charge >= 0.3 is 11.8 Å². The Bertz CT molecular complexity index is 606. The van der Waals surface area contributed by atoms with Crippen molar-refractivity contribution in [3.05, 3.63) is 57.8 Å². The van der Waals surface area contributed by atoms with Crippen LogP contribution in [0.1, 0.15) is 15.9 Å². The Morgan fingerprint density at radius 2 is 2.22 bits per heavy atom. The zero-order valence-electron chi connectivity index (χ0n) is 9.18. The molecule has 0 unspecified atom stereocenters. The molecule has 1 aromatic carbocycles. The van der Waals surface area contributed by atoms with Crippen molar-refractivity contribution in [2.24, 2.45) is 0 Å². The van der Waals surface area contributed by atoms with Crippen LogP contribution in [0.15, 0.2) is 36.5 Å². The molecule has 7 nitrogen and oxygen atoms in total. The minimum Gasteiger partial charge on any atom is -0.478 e. The van der Waals surface area contributed by atoms with E-state index in [4.69, 9.17) is 5.11 Å². The molecule has 0 bridgehead atoms. The molecule has 2 aromatic rings. The van der Waals surface area contributed by atoms with E-state index in [-0.39, 0.29) is 17.9 Å². The molecule has 0 saturated carbocycles. The largest absolute Gasteiger partial charge is 0.478 e. The fourth-order valence-corrected chi connectivity index (χ4v) is 1.53. The smallest absolute Gasteiger partial charge is 0.389 e. The Labute approximate surface area is 101 Å². The highest BCUT2D eigenvalue weighted by Gasteiger charge is 2.11. The zero-order chi connectivity index (χ0) is 13.1. The molecule has 0 spiro atoms. The van der Waals surface area contributed by atoms with Crippen molar-refractivity contribution in [1.29, 1.82) is 0 Å². The quantitative estimate of drug-likeness (QED) is 0.652. The van der Waals surface area contributed by atoms with Gasteiger partial charge in [0.1, 0.15) is 0 Å². The van der Waals surface area contributed by atoms with E-state index in [0.29, 0.717) is 5.56 Å². The number of benzene rings is 1. The number of aromatic carboxylic acids is 1. The first kappa shape index (κ1) is 11.8. The van der Waals surface area contributed by atoms with E-state index >= 15 is 0 Å². The Balaban J connectivity index is 2.20. The molecule has 0 fully saturated rings. The summed E-state index contributed by atoms with van der Waals surface area (Å²) in [5.41, 5.74) is 0.891. The normalized spacial score (nSPS) is 10.2. The summed E-state index contributed by atoms with van der Waals surface area (Å²) in [6.45, 7) is 0.287. The van der Waals surface area contributed by atoms with E-state index in [9.17, 15) is 14.9 Å². The van der Waals surface area contributed by atoms with Gasteiger partial charge in [-0.25, -0.2) is 4.79 Å². The summed E-state index contributed by atoms with van der Waals surface area (Å²) in [7, 11) is 0. The van der Waals surface area contributed by atoms with Crippen LogP contribution in [0.4, 0.5) is 5.82 Å². The molecule has 7 heteroatoms. The Morgan fingerprint density at radius 3 is 2.83 bits per heavy atom. The highest BCUT2D eigenvalue weighted by Crippen LogP contribution is 2.10. The van der Waals surface area contributed by atoms with E-state index in [1.54, 1.807) is 12.1 Å². The lowest BCUT2D eigenvalue weighted by Crippen LogP contribution is -2.03. The van der Waals surface area contributed by atoms with Gasteiger partial charge < -0.3 is 15.2 Å². The molecule has 0 radical (unpaired) electrons. The van der Waals surface area contributed by atoms with Crippen molar-refractivity contribution in [3.8, 4) is 0 Å². The number of carboxylic acids is 1. The lowest BCUT2D eigenvalue weighted by molar-refractivity contribution is -0.389. The number of carboxylic acid groups (broad SMARTS) is 1. The first-order valence-electron chi connectivity index (χ1n) is 5.06. The molecule has 0 amide bonds. The molecule has 1 heterocycles. The maximum atomic E-state index is 10.8. The molecule has 92 valence electrons. The van der Waals surface area contributed by atoms with Crippen molar-refractivity contribution in [2.75, 3.05) is 0 Å². The highest BCUT2D eigenvalue weighted by molar-refractivity contribution is 5.87. The predicted molar refractivity (Wildman–Crippen MR) is 61.4 cm³/mol. The monoisotopic (exact) mass is 247 g/mol. The Hall–Kier alpha value is -2.70. The summed E-state index contributed by atoms with van der Waals surface area (Å²) in [5.74, 6) is -1.24. The number of aromatic nitrogens is 2. The van der Waals surface area contributed by atoms with Gasteiger partial charge in [0.05, 0.1) is 29.5 Å². The first-order valence-corrected chi connectivity index (χ1v) is 5.06. The lowest BCUT2D eigenvalue weighted by Gasteiger charge is -2.00. The molecule has 2 rings (SSSR count). The number of hydrogen-bond donors (Lipinski definition) is 1. The minimum atomic E-state index is -1.01. The summed E-state index contributed by atoms with van der Waals surface area (Å²) < 4.78 is 1.39. The van der Waals surface area contributed by atoms with Gasteiger partial charge in [0.25, 0.3) is 0 Å². The van der Waals surface area contributed by atoms with Crippen LogP contribution in [0.3, 0.4) is 0 Å². The number of hydrogen-bond acceptors (Lipinski definition) is 4. The standard InChI is InChI=1S/C11H9N3O4/c15-11(16)9-3-1-2-8(6-9)7-13-5-4-10(12-13)14(17)18/h1-6H,7H2,(H,15,16). The summed E-state index contributed by atoms with van der Waals surface area (Å²) in [4.78, 5) is 20.7. The second-order valence-corrected chi connectivity index (χ2v) is 3.63. The average molecular weight is 247 g/mol. The summed E-state index contributed by atoms with van der Waals surface area (Å²) in [6, 6.07) is 7.64. The van der Waals surface area contributed by atoms with E-state index in [1.165, 1.54) is 29.1 Å². The Morgan fingerprint density at radius 1 is 1.44 bits per heavy atom. The molecule has 0 aliphatic rings. The first-order chi connectivity index (χ1) is 8.56. The maximum Gasteiger partial charge on any atom is 0.389 e. The molecule has 1 aromatic heterocycles. The third-order valence-electron chi connectivity index (χ3n) is 2.33. The van der Waals surface area contributed by atoms with Gasteiger partial charge in [-0.05, 0) is 22.6 Å². The van der Waals surface area contributed by atoms with Crippen molar-refractivity contribution >= 4 is 11.8 Å². The third-order valence-corrected chi connectivity index (χ3v) is 2.33. The van der Waals surface area contributed by atoms with Crippen LogP contribution in [0.5, 0.6) is 0 Å². The zero-order valence-corrected chi connectivity index (χ0v) is 9.18. The van der Waals surface area contributed by atoms with Crippen LogP contribution in [0, 0.1) is 10.1 Å². The van der Waals surface area contributed by atoms with Gasteiger partial charge in [-0.2, -0.15) is 4.68 Å². The van der Waals surface area contributed by atoms with Crippen LogP contribution in [0.2, 0.25) is 0 Å². The molecule has 0 aliphatic heterocycles. The van der Waals surface area contributed by atoms with E-state index in [0.717, 1.165) is 0 Å². The fourth-order valence-electron chi connectivity index (χ4n) is 1.53. The molecule has 18 heavy (non-hydrogen) atoms. The second kappa shape index (κ2) is 4.66. The molecule has 0 atom stereocenters. The van der Waals surface area contributed by atoms with Crippen LogP contribution in [-0.4, -0.2) is 25.8 Å². The summed E-state index contributed by atoms with van der Waals surface area (Å²) in [6.07, 6.45) is 1.48. The second-order valence-electron chi connectivity index (χ2n) is 3.63. The summed E-state index contributed by atoms with van der Waals surface area (Å²) in [5, 5.41) is 23.1. The fraction of sp³-hybridized carbons (Fsp3) is 0.0909. The predicted octanol–water partition coefficient (Wildman–Crippen LogP) is 1.54. The molecular weight excluding hydrogens is 238 g/mol. The molecule has 0 saturated heterocycles. The van der Waals surface area contributed by atoms with E-state index in [1.807, 2.05) is 0 Å². The van der Waals surface area contributed by atoms with Crippen molar-refractivity contribution in [3.63, 3.8) is 0 Å². The van der Waals surface area contributed by atoms with Gasteiger partial charge in [-0.1, -0.05) is 12.1 Å². The van der Waals surface area contributed by atoms with Gasteiger partial charge in [0, 0.05) is 0 Å². The van der Waals surface area contributed by atoms with Crippen LogP contribution >= 0.6 is 0 Å². The SMILES string of the molecule is O=C(O)c1cccc(Cn2ccc([N+](=O)[O-])n2)c1. The number of nitrogens with zero attached hydrogens (tertiary/aromatic N) is 3. The number of rotatable bonds is 4. The average Bonchev–Trinajstić information content (AvgIpc) is 2.78. The lowest BCUT2D eigenvalue weighted by atomic mass is 10.1. The Kier molecular flexibility index (Phi) is 3.05. The van der Waals surface area contributed by atoms with Crippen LogP contribution < -0.4 is 0 Å². The van der Waals surface area contributed by atoms with Crippen molar-refractivity contribution in [1.82, 2.24) is 9.78 Å². The van der Waals surface area contributed by atoms with Crippen LogP contribution in [0.25, 0.3) is 0 Å². The molecular formula is C11H9N3O4.